The Morgan fingerprint density at radius 2 is 1.68 bits per heavy atom. The Morgan fingerprint density at radius 1 is 1.16 bits per heavy atom. The molecule has 0 fully saturated rings. The van der Waals surface area contributed by atoms with Crippen LogP contribution in [0.1, 0.15) is 39.3 Å². The van der Waals surface area contributed by atoms with E-state index >= 15 is 0 Å². The molecule has 0 heterocycles. The average molecular weight is 283 g/mol. The number of urea groups is 1. The number of rotatable bonds is 4. The average Bonchev–Trinajstić information content (AvgIpc) is 2.37. The third-order valence-electron chi connectivity index (χ3n) is 3.60. The zero-order valence-corrected chi connectivity index (χ0v) is 13.0. The highest BCUT2D eigenvalue weighted by Crippen LogP contribution is 2.20. The molecule has 0 aliphatic carbocycles. The van der Waals surface area contributed by atoms with Gasteiger partial charge in [-0.15, -0.1) is 0 Å². The molecule has 4 heteroatoms. The summed E-state index contributed by atoms with van der Waals surface area (Å²) in [4.78, 5) is 13.8. The highest BCUT2D eigenvalue weighted by molar-refractivity contribution is 6.30. The fourth-order valence-corrected chi connectivity index (χ4v) is 1.73. The summed E-state index contributed by atoms with van der Waals surface area (Å²) in [6.45, 7) is 8.20. The Labute approximate surface area is 120 Å². The van der Waals surface area contributed by atoms with Crippen molar-refractivity contribution in [2.24, 2.45) is 5.92 Å². The summed E-state index contributed by atoms with van der Waals surface area (Å²) in [6.07, 6.45) is 0. The van der Waals surface area contributed by atoms with Crippen LogP contribution in [0.5, 0.6) is 0 Å². The molecule has 0 bridgehead atoms. The molecule has 0 spiro atoms. The van der Waals surface area contributed by atoms with Crippen LogP contribution in [0.3, 0.4) is 0 Å². The van der Waals surface area contributed by atoms with Crippen molar-refractivity contribution in [1.29, 1.82) is 0 Å². The first-order chi connectivity index (χ1) is 8.82. The molecule has 3 nitrogen and oxygen atoms in total. The number of nitrogens with zero attached hydrogens (tertiary/aromatic N) is 1. The molecule has 0 aliphatic rings. The lowest BCUT2D eigenvalue weighted by atomic mass is 10.1. The highest BCUT2D eigenvalue weighted by Gasteiger charge is 2.19. The van der Waals surface area contributed by atoms with Crippen LogP contribution < -0.4 is 5.32 Å². The molecule has 19 heavy (non-hydrogen) atoms. The second kappa shape index (κ2) is 6.80. The van der Waals surface area contributed by atoms with Crippen molar-refractivity contribution < 1.29 is 4.79 Å². The van der Waals surface area contributed by atoms with Gasteiger partial charge in [0.1, 0.15) is 0 Å². The van der Waals surface area contributed by atoms with Gasteiger partial charge in [-0.1, -0.05) is 37.6 Å². The second-order valence-electron chi connectivity index (χ2n) is 5.32. The minimum Gasteiger partial charge on any atom is -0.335 e. The van der Waals surface area contributed by atoms with Gasteiger partial charge >= 0.3 is 6.03 Å². The van der Waals surface area contributed by atoms with E-state index in [1.807, 2.05) is 45.2 Å². The van der Waals surface area contributed by atoms with E-state index in [1.54, 1.807) is 4.90 Å². The molecular weight excluding hydrogens is 260 g/mol. The third-order valence-corrected chi connectivity index (χ3v) is 3.86. The summed E-state index contributed by atoms with van der Waals surface area (Å²) >= 11 is 5.87. The Kier molecular flexibility index (Phi) is 5.67. The number of nitrogens with one attached hydrogen (secondary N) is 1. The normalized spacial score (nSPS) is 14.1. The number of amides is 2. The van der Waals surface area contributed by atoms with Crippen LogP contribution in [-0.4, -0.2) is 24.0 Å². The molecule has 1 aromatic carbocycles. The fourth-order valence-electron chi connectivity index (χ4n) is 1.60. The van der Waals surface area contributed by atoms with Crippen molar-refractivity contribution in [2.75, 3.05) is 7.05 Å². The number of carbonyl (C=O) groups excluding carboxylic acids is 1. The van der Waals surface area contributed by atoms with Crippen molar-refractivity contribution >= 4 is 17.6 Å². The van der Waals surface area contributed by atoms with Gasteiger partial charge in [0.2, 0.25) is 0 Å². The largest absolute Gasteiger partial charge is 0.335 e. The maximum absolute atomic E-state index is 12.1. The van der Waals surface area contributed by atoms with Gasteiger partial charge in [-0.05, 0) is 37.5 Å². The molecule has 1 N–H and O–H groups in total. The van der Waals surface area contributed by atoms with E-state index in [-0.39, 0.29) is 18.1 Å². The van der Waals surface area contributed by atoms with Gasteiger partial charge < -0.3 is 10.2 Å². The molecule has 0 aliphatic heterocycles. The predicted octanol–water partition coefficient (Wildman–Crippen LogP) is 4.09. The summed E-state index contributed by atoms with van der Waals surface area (Å²) in [5, 5.41) is 3.71. The number of hydrogen-bond donors (Lipinski definition) is 1. The maximum atomic E-state index is 12.1. The van der Waals surface area contributed by atoms with Crippen LogP contribution in [0.4, 0.5) is 4.79 Å². The second-order valence-corrected chi connectivity index (χ2v) is 5.76. The first-order valence-corrected chi connectivity index (χ1v) is 6.99. The lowest BCUT2D eigenvalue weighted by Crippen LogP contribution is -2.44. The topological polar surface area (TPSA) is 32.3 Å². The Hall–Kier alpha value is -1.22. The Morgan fingerprint density at radius 3 is 2.16 bits per heavy atom. The van der Waals surface area contributed by atoms with Crippen molar-refractivity contribution in [3.05, 3.63) is 34.9 Å². The van der Waals surface area contributed by atoms with Gasteiger partial charge in [0, 0.05) is 18.1 Å². The Bertz CT molecular complexity index is 417. The SMILES string of the molecule is CC(C)C(C)NC(=O)N(C)C(C)c1ccc(Cl)cc1. The number of carbonyl (C=O) groups is 1. The maximum Gasteiger partial charge on any atom is 0.317 e. The first-order valence-electron chi connectivity index (χ1n) is 6.61. The van der Waals surface area contributed by atoms with Crippen LogP contribution >= 0.6 is 11.6 Å². The fraction of sp³-hybridized carbons (Fsp3) is 0.533. The minimum atomic E-state index is -0.0522. The zero-order chi connectivity index (χ0) is 14.6. The van der Waals surface area contributed by atoms with E-state index < -0.39 is 0 Å². The van der Waals surface area contributed by atoms with Crippen LogP contribution in [-0.2, 0) is 0 Å². The molecule has 0 saturated carbocycles. The van der Waals surface area contributed by atoms with Crippen LogP contribution in [0.2, 0.25) is 5.02 Å². The molecule has 1 rings (SSSR count). The van der Waals surface area contributed by atoms with Crippen LogP contribution in [0.25, 0.3) is 0 Å². The van der Waals surface area contributed by atoms with Crippen molar-refractivity contribution in [3.8, 4) is 0 Å². The lowest BCUT2D eigenvalue weighted by Gasteiger charge is -2.28. The third kappa shape index (κ3) is 4.43. The molecule has 2 atom stereocenters. The van der Waals surface area contributed by atoms with Crippen molar-refractivity contribution in [2.45, 2.75) is 39.8 Å². The molecule has 0 aromatic heterocycles. The molecule has 2 unspecified atom stereocenters. The molecule has 2 amide bonds. The van der Waals surface area contributed by atoms with Gasteiger partial charge in [-0.3, -0.25) is 0 Å². The van der Waals surface area contributed by atoms with E-state index in [0.717, 1.165) is 5.56 Å². The summed E-state index contributed by atoms with van der Waals surface area (Å²) in [7, 11) is 1.81. The number of halogens is 1. The zero-order valence-electron chi connectivity index (χ0n) is 12.3. The van der Waals surface area contributed by atoms with E-state index in [9.17, 15) is 4.79 Å². The standard InChI is InChI=1S/C15H23ClN2O/c1-10(2)11(3)17-15(19)18(5)12(4)13-6-8-14(16)9-7-13/h6-12H,1-5H3,(H,17,19). The highest BCUT2D eigenvalue weighted by atomic mass is 35.5. The van der Waals surface area contributed by atoms with Gasteiger partial charge in [-0.25, -0.2) is 4.79 Å². The van der Waals surface area contributed by atoms with Gasteiger partial charge in [0.25, 0.3) is 0 Å². The molecule has 0 radical (unpaired) electrons. The van der Waals surface area contributed by atoms with E-state index in [1.165, 1.54) is 0 Å². The molecule has 106 valence electrons. The molecular formula is C15H23ClN2O. The lowest BCUT2D eigenvalue weighted by molar-refractivity contribution is 0.188. The quantitative estimate of drug-likeness (QED) is 0.886. The van der Waals surface area contributed by atoms with E-state index in [4.69, 9.17) is 11.6 Å². The minimum absolute atomic E-state index is 0.0108. The summed E-state index contributed by atoms with van der Waals surface area (Å²) in [5.41, 5.74) is 1.07. The van der Waals surface area contributed by atoms with Crippen molar-refractivity contribution in [1.82, 2.24) is 10.2 Å². The number of benzene rings is 1. The van der Waals surface area contributed by atoms with Gasteiger partial charge in [0.15, 0.2) is 0 Å². The van der Waals surface area contributed by atoms with Crippen molar-refractivity contribution in [3.63, 3.8) is 0 Å². The monoisotopic (exact) mass is 282 g/mol. The van der Waals surface area contributed by atoms with Crippen LogP contribution in [0, 0.1) is 5.92 Å². The summed E-state index contributed by atoms with van der Waals surface area (Å²) in [5.74, 6) is 0.420. The smallest absolute Gasteiger partial charge is 0.317 e. The van der Waals surface area contributed by atoms with E-state index in [2.05, 4.69) is 19.2 Å². The first kappa shape index (κ1) is 15.8. The summed E-state index contributed by atoms with van der Waals surface area (Å²) in [6, 6.07) is 7.70. The Balaban J connectivity index is 2.68. The summed E-state index contributed by atoms with van der Waals surface area (Å²) < 4.78 is 0. The van der Waals surface area contributed by atoms with Crippen LogP contribution in [0.15, 0.2) is 24.3 Å². The van der Waals surface area contributed by atoms with Gasteiger partial charge in [0.05, 0.1) is 6.04 Å². The molecule has 0 saturated heterocycles. The number of hydrogen-bond acceptors (Lipinski definition) is 1. The van der Waals surface area contributed by atoms with Gasteiger partial charge in [-0.2, -0.15) is 0 Å². The van der Waals surface area contributed by atoms with E-state index in [0.29, 0.717) is 10.9 Å². The molecule has 1 aromatic rings. The predicted molar refractivity (Wildman–Crippen MR) is 80.5 cm³/mol.